The van der Waals surface area contributed by atoms with Gasteiger partial charge in [-0.3, -0.25) is 0 Å². The first-order valence-corrected chi connectivity index (χ1v) is 13.0. The molecular weight excluding hydrogens is 528 g/mol. The quantitative estimate of drug-likeness (QED) is 0.225. The van der Waals surface area contributed by atoms with Crippen LogP contribution in [0.2, 0.25) is 5.02 Å². The van der Waals surface area contributed by atoms with Gasteiger partial charge in [-0.25, -0.2) is 14.5 Å². The molecule has 198 valence electrons. The molecule has 0 radical (unpaired) electrons. The van der Waals surface area contributed by atoms with Crippen molar-refractivity contribution in [2.45, 2.75) is 12.5 Å². The fourth-order valence-corrected chi connectivity index (χ4v) is 5.34. The monoisotopic (exact) mass is 550 g/mol. The second-order valence-electron chi connectivity index (χ2n) is 9.36. The van der Waals surface area contributed by atoms with Crippen LogP contribution >= 0.6 is 11.6 Å². The summed E-state index contributed by atoms with van der Waals surface area (Å²) in [5.41, 5.74) is 3.42. The molecule has 0 amide bonds. The maximum atomic E-state index is 6.51. The van der Waals surface area contributed by atoms with E-state index < -0.39 is 0 Å². The largest absolute Gasteiger partial charge is 0.493 e. The van der Waals surface area contributed by atoms with Gasteiger partial charge in [0.05, 0.1) is 19.8 Å². The van der Waals surface area contributed by atoms with Crippen LogP contribution in [0.5, 0.6) is 28.9 Å². The minimum absolute atomic E-state index is 0.182. The van der Waals surface area contributed by atoms with Crippen LogP contribution in [-0.2, 0) is 6.61 Å². The fourth-order valence-electron chi connectivity index (χ4n) is 5.21. The van der Waals surface area contributed by atoms with Gasteiger partial charge in [-0.2, -0.15) is 0 Å². The lowest BCUT2D eigenvalue weighted by Crippen LogP contribution is -2.15. The van der Waals surface area contributed by atoms with Crippen LogP contribution in [0.1, 0.15) is 28.4 Å². The summed E-state index contributed by atoms with van der Waals surface area (Å²) in [5.74, 6) is 3.47. The second-order valence-corrected chi connectivity index (χ2v) is 9.79. The third-order valence-corrected chi connectivity index (χ3v) is 7.31. The van der Waals surface area contributed by atoms with Crippen molar-refractivity contribution in [3.05, 3.63) is 113 Å². The van der Waals surface area contributed by atoms with E-state index in [1.807, 2.05) is 42.5 Å². The minimum atomic E-state index is -0.256. The summed E-state index contributed by atoms with van der Waals surface area (Å²) >= 11 is 6.00. The van der Waals surface area contributed by atoms with Crippen molar-refractivity contribution < 1.29 is 18.9 Å². The van der Waals surface area contributed by atoms with Crippen LogP contribution in [0.25, 0.3) is 16.4 Å². The normalized spacial score (nSPS) is 13.9. The number of methoxy groups -OCH3 is 2. The Morgan fingerprint density at radius 2 is 1.75 bits per heavy atom. The second kappa shape index (κ2) is 9.73. The maximum Gasteiger partial charge on any atom is 0.228 e. The number of nitrogens with zero attached hydrogens (tertiary/aromatic N) is 4. The molecule has 1 aliphatic rings. The highest BCUT2D eigenvalue weighted by atomic mass is 35.5. The highest BCUT2D eigenvalue weighted by molar-refractivity contribution is 6.30. The lowest BCUT2D eigenvalue weighted by Gasteiger charge is -2.29. The Bertz CT molecular complexity index is 1890. The molecule has 7 rings (SSSR count). The van der Waals surface area contributed by atoms with Crippen molar-refractivity contribution in [2.75, 3.05) is 14.2 Å². The van der Waals surface area contributed by atoms with Gasteiger partial charge in [-0.1, -0.05) is 54.1 Å². The molecule has 8 nitrogen and oxygen atoms in total. The zero-order valence-corrected chi connectivity index (χ0v) is 22.4. The molecule has 40 heavy (non-hydrogen) atoms. The molecular formula is C31H23ClN4O4. The minimum Gasteiger partial charge on any atom is -0.493 e. The zero-order chi connectivity index (χ0) is 27.2. The summed E-state index contributed by atoms with van der Waals surface area (Å²) < 4.78 is 25.3. The van der Waals surface area contributed by atoms with Gasteiger partial charge < -0.3 is 18.9 Å². The van der Waals surface area contributed by atoms with E-state index in [2.05, 4.69) is 34.3 Å². The predicted octanol–water partition coefficient (Wildman–Crippen LogP) is 6.81. The average molecular weight is 551 g/mol. The Morgan fingerprint density at radius 1 is 0.925 bits per heavy atom. The Balaban J connectivity index is 1.39. The topological polar surface area (TPSA) is 80.0 Å². The third kappa shape index (κ3) is 4.04. The van der Waals surface area contributed by atoms with Crippen LogP contribution in [-0.4, -0.2) is 33.8 Å². The molecule has 9 heteroatoms. The van der Waals surface area contributed by atoms with Crippen molar-refractivity contribution in [2.24, 2.45) is 0 Å². The lowest BCUT2D eigenvalue weighted by atomic mass is 9.82. The molecule has 1 unspecified atom stereocenters. The highest BCUT2D eigenvalue weighted by Crippen LogP contribution is 2.51. The molecule has 1 atom stereocenters. The summed E-state index contributed by atoms with van der Waals surface area (Å²) in [5, 5.41) is 7.38. The predicted molar refractivity (Wildman–Crippen MR) is 151 cm³/mol. The van der Waals surface area contributed by atoms with Gasteiger partial charge in [-0.05, 0) is 47.3 Å². The Labute approximate surface area is 234 Å². The number of benzene rings is 4. The van der Waals surface area contributed by atoms with Crippen molar-refractivity contribution in [3.63, 3.8) is 0 Å². The smallest absolute Gasteiger partial charge is 0.228 e. The molecule has 2 aromatic heterocycles. The van der Waals surface area contributed by atoms with E-state index in [1.165, 1.54) is 0 Å². The van der Waals surface area contributed by atoms with E-state index >= 15 is 0 Å². The molecule has 0 bridgehead atoms. The number of aromatic nitrogens is 4. The van der Waals surface area contributed by atoms with Crippen LogP contribution in [0.3, 0.4) is 0 Å². The number of hydrogen-bond donors (Lipinski definition) is 0. The number of hydrogen-bond acceptors (Lipinski definition) is 7. The molecule has 0 fully saturated rings. The van der Waals surface area contributed by atoms with Gasteiger partial charge in [-0.15, -0.1) is 5.10 Å². The average Bonchev–Trinajstić information content (AvgIpc) is 3.43. The van der Waals surface area contributed by atoms with Gasteiger partial charge in [0, 0.05) is 21.9 Å². The van der Waals surface area contributed by atoms with Gasteiger partial charge in [0.25, 0.3) is 0 Å². The molecule has 0 aliphatic carbocycles. The van der Waals surface area contributed by atoms with Gasteiger partial charge in [0.1, 0.15) is 24.4 Å². The summed E-state index contributed by atoms with van der Waals surface area (Å²) in [4.78, 5) is 9.54. The van der Waals surface area contributed by atoms with E-state index in [4.69, 9.17) is 35.5 Å². The summed E-state index contributed by atoms with van der Waals surface area (Å²) in [6, 6.07) is 25.5. The van der Waals surface area contributed by atoms with E-state index in [1.54, 1.807) is 37.2 Å². The first-order valence-electron chi connectivity index (χ1n) is 12.7. The maximum absolute atomic E-state index is 6.51. The molecule has 0 N–H and O–H groups in total. The molecule has 0 saturated carbocycles. The molecule has 3 heterocycles. The first-order chi connectivity index (χ1) is 19.6. The summed E-state index contributed by atoms with van der Waals surface area (Å²) in [6.45, 7) is 0.182. The van der Waals surface area contributed by atoms with E-state index in [0.717, 1.165) is 33.2 Å². The zero-order valence-electron chi connectivity index (χ0n) is 21.7. The van der Waals surface area contributed by atoms with Crippen LogP contribution in [0.4, 0.5) is 0 Å². The fraction of sp³-hybridized carbons (Fsp3) is 0.129. The third-order valence-electron chi connectivity index (χ3n) is 7.06. The SMILES string of the molecule is COc1ccc(C2c3ccc4ccccc4c3Oc3ncn4nc(COc5ccc(Cl)cc5)nc4c32)cc1OC. The van der Waals surface area contributed by atoms with Crippen molar-refractivity contribution in [1.82, 2.24) is 19.6 Å². The van der Waals surface area contributed by atoms with Crippen molar-refractivity contribution in [3.8, 4) is 28.9 Å². The number of halogens is 1. The molecule has 0 saturated heterocycles. The molecule has 0 spiro atoms. The van der Waals surface area contributed by atoms with E-state index in [-0.39, 0.29) is 12.5 Å². The summed E-state index contributed by atoms with van der Waals surface area (Å²) in [7, 11) is 3.26. The molecule has 6 aromatic rings. The van der Waals surface area contributed by atoms with Gasteiger partial charge in [0.2, 0.25) is 5.88 Å². The van der Waals surface area contributed by atoms with Gasteiger partial charge in [0.15, 0.2) is 23.0 Å². The van der Waals surface area contributed by atoms with Crippen LogP contribution < -0.4 is 18.9 Å². The highest BCUT2D eigenvalue weighted by Gasteiger charge is 2.34. The lowest BCUT2D eigenvalue weighted by molar-refractivity contribution is 0.296. The Kier molecular flexibility index (Phi) is 5.90. The molecule has 4 aromatic carbocycles. The van der Waals surface area contributed by atoms with Crippen molar-refractivity contribution >= 4 is 28.0 Å². The van der Waals surface area contributed by atoms with E-state index in [0.29, 0.717) is 39.6 Å². The number of rotatable bonds is 6. The first kappa shape index (κ1) is 24.2. The standard InChI is InChI=1S/C31H23ClN4O4/c1-37-24-14-8-19(15-25(24)38-2)27-23-13-7-18-5-3-4-6-22(18)29(23)40-31-28(27)30-34-26(35-36(30)17-33-31)16-39-21-11-9-20(32)10-12-21/h3-15,17,27H,16H2,1-2H3. The van der Waals surface area contributed by atoms with Crippen LogP contribution in [0.15, 0.2) is 85.2 Å². The van der Waals surface area contributed by atoms with Crippen LogP contribution in [0, 0.1) is 0 Å². The Hall–Kier alpha value is -4.82. The van der Waals surface area contributed by atoms with E-state index in [9.17, 15) is 0 Å². The summed E-state index contributed by atoms with van der Waals surface area (Å²) in [6.07, 6.45) is 1.62. The van der Waals surface area contributed by atoms with Crippen molar-refractivity contribution in [1.29, 1.82) is 0 Å². The number of fused-ring (bicyclic) bond motifs is 6. The molecule has 1 aliphatic heterocycles. The number of ether oxygens (including phenoxy) is 4. The Morgan fingerprint density at radius 3 is 2.58 bits per heavy atom. The van der Waals surface area contributed by atoms with Gasteiger partial charge >= 0.3 is 0 Å².